The second kappa shape index (κ2) is 16.0. The van der Waals surface area contributed by atoms with Crippen molar-refractivity contribution in [1.29, 1.82) is 0 Å². The Kier molecular flexibility index (Phi) is 10.9. The molecule has 0 atom stereocenters. The van der Waals surface area contributed by atoms with Gasteiger partial charge in [-0.2, -0.15) is 0 Å². The predicted molar refractivity (Wildman–Crippen MR) is 233 cm³/mol. The highest BCUT2D eigenvalue weighted by molar-refractivity contribution is 9.10. The first-order valence-corrected chi connectivity index (χ1v) is 22.9. The predicted octanol–water partition coefficient (Wildman–Crippen LogP) is 12.9. The molecule has 12 heteroatoms. The lowest BCUT2D eigenvalue weighted by Gasteiger charge is -2.11. The van der Waals surface area contributed by atoms with Crippen LogP contribution in [0.1, 0.15) is 11.1 Å². The normalized spacial score (nSPS) is 12.0. The molecule has 3 heterocycles. The summed E-state index contributed by atoms with van der Waals surface area (Å²) in [6.45, 7) is 0. The molecular weight excluding hydrogens is 910 g/mol. The van der Waals surface area contributed by atoms with E-state index in [-0.39, 0.29) is 9.79 Å². The van der Waals surface area contributed by atoms with Gasteiger partial charge in [-0.15, -0.1) is 0 Å². The monoisotopic (exact) mass is 937 g/mol. The standard InChI is InChI=1S/C22H14BrNO3S.C17H12O.C6H4BrClO2S/c23-18-11-5-7-13-20(18)28(25,26)24-19-12-6-4-10-16(19)17-14-27-22(21(17)24)15-8-2-1-3-9-15;1-2-6-12(7-3-1)17-15-10-13-8-4-5-9-14(13)16(15)11-18-17;7-5-3-1-2-4-6(5)11(8,9)10/h1-14H;1-9,11H,10H2;1-4H. The molecule has 0 amide bonds. The molecule has 10 rings (SSSR count). The highest BCUT2D eigenvalue weighted by Crippen LogP contribution is 2.43. The van der Waals surface area contributed by atoms with E-state index in [0.717, 1.165) is 34.1 Å². The van der Waals surface area contributed by atoms with Crippen molar-refractivity contribution in [3.05, 3.63) is 190 Å². The van der Waals surface area contributed by atoms with Crippen LogP contribution in [0.4, 0.5) is 0 Å². The maximum Gasteiger partial charge on any atom is 0.269 e. The van der Waals surface area contributed by atoms with E-state index < -0.39 is 19.1 Å². The molecule has 284 valence electrons. The molecule has 6 aromatic carbocycles. The minimum absolute atomic E-state index is 0.0988. The number of hydrogen-bond donors (Lipinski definition) is 0. The molecule has 1 aliphatic rings. The molecule has 0 unspecified atom stereocenters. The van der Waals surface area contributed by atoms with Gasteiger partial charge in [0.2, 0.25) is 0 Å². The van der Waals surface area contributed by atoms with Gasteiger partial charge >= 0.3 is 0 Å². The summed E-state index contributed by atoms with van der Waals surface area (Å²) in [4.78, 5) is 0.305. The van der Waals surface area contributed by atoms with Crippen molar-refractivity contribution in [2.24, 2.45) is 0 Å². The maximum absolute atomic E-state index is 13.7. The summed E-state index contributed by atoms with van der Waals surface area (Å²) in [6.07, 6.45) is 4.50. The minimum atomic E-state index is -3.87. The van der Waals surface area contributed by atoms with E-state index >= 15 is 0 Å². The Labute approximate surface area is 350 Å². The molecule has 0 fully saturated rings. The van der Waals surface area contributed by atoms with Gasteiger partial charge in [-0.3, -0.25) is 0 Å². The second-order valence-electron chi connectivity index (χ2n) is 12.9. The van der Waals surface area contributed by atoms with E-state index in [4.69, 9.17) is 19.5 Å². The van der Waals surface area contributed by atoms with Crippen LogP contribution in [0.3, 0.4) is 0 Å². The zero-order valence-corrected chi connectivity index (χ0v) is 35.3. The lowest BCUT2D eigenvalue weighted by Crippen LogP contribution is -2.13. The largest absolute Gasteiger partial charge is 0.463 e. The molecule has 57 heavy (non-hydrogen) atoms. The third kappa shape index (κ3) is 7.53. The second-order valence-corrected chi connectivity index (χ2v) is 18.9. The molecule has 1 aliphatic carbocycles. The number of fused-ring (bicyclic) bond motifs is 6. The van der Waals surface area contributed by atoms with E-state index in [0.29, 0.717) is 25.7 Å². The number of hydrogen-bond acceptors (Lipinski definition) is 6. The lowest BCUT2D eigenvalue weighted by molar-refractivity contribution is 0.580. The van der Waals surface area contributed by atoms with Crippen LogP contribution in [-0.2, 0) is 25.5 Å². The van der Waals surface area contributed by atoms with Crippen LogP contribution in [0.5, 0.6) is 0 Å². The molecular formula is C45H30Br2ClNO6S2. The number of nitrogens with zero attached hydrogens (tertiary/aromatic N) is 1. The summed E-state index contributed by atoms with van der Waals surface area (Å²) < 4.78 is 63.0. The number of benzene rings is 6. The maximum atomic E-state index is 13.7. The Bertz CT molecular complexity index is 3120. The molecule has 0 saturated carbocycles. The summed E-state index contributed by atoms with van der Waals surface area (Å²) in [5.74, 6) is 1.55. The summed E-state index contributed by atoms with van der Waals surface area (Å²) in [7, 11) is -2.37. The molecule has 0 saturated heterocycles. The first kappa shape index (κ1) is 38.7. The number of para-hydroxylation sites is 1. The number of furan rings is 2. The zero-order valence-electron chi connectivity index (χ0n) is 29.7. The summed E-state index contributed by atoms with van der Waals surface area (Å²) in [5, 5.41) is 1.60. The van der Waals surface area contributed by atoms with Crippen LogP contribution in [0.15, 0.2) is 198 Å². The van der Waals surface area contributed by atoms with Crippen LogP contribution in [0.25, 0.3) is 55.6 Å². The summed E-state index contributed by atoms with van der Waals surface area (Å²) in [5.41, 5.74) is 8.44. The van der Waals surface area contributed by atoms with Gasteiger partial charge in [0.05, 0.1) is 16.7 Å². The molecule has 3 aromatic heterocycles. The fourth-order valence-corrected chi connectivity index (χ4v) is 11.6. The van der Waals surface area contributed by atoms with Crippen molar-refractivity contribution in [3.8, 4) is 33.8 Å². The Morgan fingerprint density at radius 1 is 0.526 bits per heavy atom. The molecule has 0 radical (unpaired) electrons. The van der Waals surface area contributed by atoms with E-state index in [1.165, 1.54) is 32.3 Å². The highest BCUT2D eigenvalue weighted by Gasteiger charge is 2.29. The summed E-state index contributed by atoms with van der Waals surface area (Å²) >= 11 is 6.45. The van der Waals surface area contributed by atoms with Gasteiger partial charge in [-0.05, 0) is 73.3 Å². The van der Waals surface area contributed by atoms with Gasteiger partial charge in [0, 0.05) is 59.1 Å². The Morgan fingerprint density at radius 3 is 1.68 bits per heavy atom. The molecule has 7 nitrogen and oxygen atoms in total. The molecule has 0 N–H and O–H groups in total. The van der Waals surface area contributed by atoms with Crippen LogP contribution in [-0.4, -0.2) is 20.8 Å². The SMILES string of the molecule is O=S(=O)(Cl)c1ccccc1Br.O=S(=O)(c1ccccc1Br)n1c2ccccc2c2coc(-c3ccccc3)c21.c1ccc(-c2occ3c2Cc2ccccc2-3)cc1. The van der Waals surface area contributed by atoms with Crippen molar-refractivity contribution in [2.75, 3.05) is 0 Å². The smallest absolute Gasteiger partial charge is 0.269 e. The van der Waals surface area contributed by atoms with Gasteiger partial charge in [-0.25, -0.2) is 20.8 Å². The average molecular weight is 940 g/mol. The van der Waals surface area contributed by atoms with Gasteiger partial charge in [0.1, 0.15) is 22.4 Å². The van der Waals surface area contributed by atoms with Crippen LogP contribution in [0, 0.1) is 0 Å². The fourth-order valence-electron chi connectivity index (χ4n) is 6.93. The Hall–Kier alpha value is -5.17. The van der Waals surface area contributed by atoms with Gasteiger partial charge in [-0.1, -0.05) is 127 Å². The van der Waals surface area contributed by atoms with Crippen LogP contribution < -0.4 is 0 Å². The van der Waals surface area contributed by atoms with Gasteiger partial charge < -0.3 is 8.83 Å². The highest BCUT2D eigenvalue weighted by atomic mass is 79.9. The van der Waals surface area contributed by atoms with Crippen LogP contribution >= 0.6 is 42.5 Å². The third-order valence-corrected chi connectivity index (χ3v) is 14.5. The molecule has 0 aliphatic heterocycles. The summed E-state index contributed by atoms with van der Waals surface area (Å²) in [6, 6.07) is 49.1. The topological polar surface area (TPSA) is 99.5 Å². The van der Waals surface area contributed by atoms with Crippen molar-refractivity contribution in [2.45, 2.75) is 16.2 Å². The van der Waals surface area contributed by atoms with Gasteiger partial charge in [0.25, 0.3) is 19.1 Å². The molecule has 0 spiro atoms. The molecule has 9 aromatic rings. The number of rotatable bonds is 5. The van der Waals surface area contributed by atoms with Crippen molar-refractivity contribution in [3.63, 3.8) is 0 Å². The van der Waals surface area contributed by atoms with E-state index in [1.807, 2.05) is 79.1 Å². The van der Waals surface area contributed by atoms with E-state index in [1.54, 1.807) is 48.7 Å². The Morgan fingerprint density at radius 2 is 1.05 bits per heavy atom. The number of aromatic nitrogens is 1. The van der Waals surface area contributed by atoms with Crippen LogP contribution in [0.2, 0.25) is 0 Å². The first-order valence-electron chi connectivity index (χ1n) is 17.5. The van der Waals surface area contributed by atoms with Gasteiger partial charge in [0.15, 0.2) is 5.76 Å². The fraction of sp³-hybridized carbons (Fsp3) is 0.0222. The van der Waals surface area contributed by atoms with Crippen molar-refractivity contribution < 1.29 is 25.7 Å². The lowest BCUT2D eigenvalue weighted by atomic mass is 10.1. The average Bonchev–Trinajstić information content (AvgIpc) is 3.99. The molecule has 0 bridgehead atoms. The van der Waals surface area contributed by atoms with Crippen molar-refractivity contribution in [1.82, 2.24) is 3.97 Å². The van der Waals surface area contributed by atoms with E-state index in [2.05, 4.69) is 68.3 Å². The number of halogens is 3. The minimum Gasteiger partial charge on any atom is -0.463 e. The van der Waals surface area contributed by atoms with Crippen molar-refractivity contribution >= 4 is 83.4 Å². The first-order chi connectivity index (χ1) is 27.5. The quantitative estimate of drug-likeness (QED) is 0.159. The zero-order chi connectivity index (χ0) is 39.7. The van der Waals surface area contributed by atoms with E-state index in [9.17, 15) is 16.8 Å². The Balaban J connectivity index is 0.000000134. The third-order valence-electron chi connectivity index (χ3n) is 9.48.